The fraction of sp³-hybridized carbons (Fsp3) is 0.462. The van der Waals surface area contributed by atoms with Crippen LogP contribution in [-0.2, 0) is 20.5 Å². The van der Waals surface area contributed by atoms with Crippen LogP contribution in [-0.4, -0.2) is 37.8 Å². The Labute approximate surface area is 142 Å². The van der Waals surface area contributed by atoms with E-state index >= 15 is 0 Å². The molecule has 7 nitrogen and oxygen atoms in total. The second-order valence-corrected chi connectivity index (χ2v) is 8.60. The number of rotatable bonds is 4. The van der Waals surface area contributed by atoms with Gasteiger partial charge in [0.25, 0.3) is 9.84 Å². The van der Waals surface area contributed by atoms with E-state index in [1.807, 2.05) is 0 Å². The summed E-state index contributed by atoms with van der Waals surface area (Å²) in [4.78, 5) is 1.73. The van der Waals surface area contributed by atoms with Crippen molar-refractivity contribution in [2.45, 2.75) is 41.7 Å². The van der Waals surface area contributed by atoms with Gasteiger partial charge in [-0.3, -0.25) is 0 Å². The zero-order valence-corrected chi connectivity index (χ0v) is 14.3. The highest BCUT2D eigenvalue weighted by Crippen LogP contribution is 2.39. The lowest BCUT2D eigenvalue weighted by Gasteiger charge is -2.18. The van der Waals surface area contributed by atoms with Gasteiger partial charge in [-0.25, -0.2) is 16.8 Å². The first-order valence-corrected chi connectivity index (χ1v) is 9.67. The maximum atomic E-state index is 12.8. The van der Waals surface area contributed by atoms with Crippen LogP contribution < -0.4 is 4.74 Å². The Morgan fingerprint density at radius 3 is 2.24 bits per heavy atom. The number of sulfone groups is 1. The van der Waals surface area contributed by atoms with Crippen molar-refractivity contribution < 1.29 is 39.5 Å². The van der Waals surface area contributed by atoms with Crippen LogP contribution in [0.3, 0.4) is 0 Å². The van der Waals surface area contributed by atoms with Crippen LogP contribution in [0.2, 0.25) is 0 Å². The van der Waals surface area contributed by atoms with E-state index in [4.69, 9.17) is 0 Å². The van der Waals surface area contributed by atoms with Crippen molar-refractivity contribution in [3.05, 3.63) is 29.8 Å². The molecule has 0 N–H and O–H groups in total. The van der Waals surface area contributed by atoms with Crippen molar-refractivity contribution in [3.8, 4) is 5.75 Å². The molecule has 0 saturated heterocycles. The summed E-state index contributed by atoms with van der Waals surface area (Å²) in [5.41, 5.74) is 9.20. The minimum atomic E-state index is -5.16. The average molecular weight is 398 g/mol. The third-order valence-corrected chi connectivity index (χ3v) is 7.30. The Bertz CT molecular complexity index is 888. The highest BCUT2D eigenvalue weighted by molar-refractivity contribution is 8.07. The van der Waals surface area contributed by atoms with Gasteiger partial charge in [0.15, 0.2) is 15.5 Å². The molecular formula is C13H13F3N2O5S2. The van der Waals surface area contributed by atoms with Gasteiger partial charge in [-0.05, 0) is 25.0 Å². The smallest absolute Gasteiger partial charge is 0.404 e. The summed E-state index contributed by atoms with van der Waals surface area (Å²) in [6.07, 6.45) is -4.62. The van der Waals surface area contributed by atoms with Crippen molar-refractivity contribution in [1.82, 2.24) is 0 Å². The van der Waals surface area contributed by atoms with Crippen LogP contribution in [0.5, 0.6) is 5.75 Å². The summed E-state index contributed by atoms with van der Waals surface area (Å²) >= 11 is 0. The minimum Gasteiger partial charge on any atom is -0.404 e. The molecule has 0 aliphatic heterocycles. The number of nitrogens with zero attached hydrogens (tertiary/aromatic N) is 2. The molecule has 1 aromatic carbocycles. The van der Waals surface area contributed by atoms with Crippen LogP contribution in [0, 0.1) is 0 Å². The molecule has 0 aromatic heterocycles. The van der Waals surface area contributed by atoms with Gasteiger partial charge in [-0.1, -0.05) is 25.0 Å². The van der Waals surface area contributed by atoms with Gasteiger partial charge in [-0.2, -0.15) is 4.79 Å². The van der Waals surface area contributed by atoms with Crippen LogP contribution in [0.25, 0.3) is 5.53 Å². The molecule has 1 saturated carbocycles. The highest BCUT2D eigenvalue weighted by Gasteiger charge is 2.56. The Hall–Kier alpha value is -1.91. The number of thiol groups is 1. The molecule has 25 heavy (non-hydrogen) atoms. The van der Waals surface area contributed by atoms with E-state index < -0.39 is 47.3 Å². The van der Waals surface area contributed by atoms with Crippen LogP contribution in [0.15, 0.2) is 29.2 Å². The standard InChI is InChI=1S/C13H13F3N2O5S2/c14-13(15,16)23-9-5-1-2-6-10(9)25(21,22)11(18-17)12(24(19)20)7-3-4-8-12/h1-2,5-6,24H,3-4,7-8H2. The molecule has 0 radical (unpaired) electrons. The van der Waals surface area contributed by atoms with E-state index in [1.165, 1.54) is 0 Å². The SMILES string of the molecule is [N-]=[N+]=C(C1([SH](=O)=O)CCCC1)S(=O)(=O)c1ccccc1OC(F)(F)F. The molecule has 0 bridgehead atoms. The predicted octanol–water partition coefficient (Wildman–Crippen LogP) is 1.91. The number of halogens is 3. The van der Waals surface area contributed by atoms with Crippen LogP contribution in [0.1, 0.15) is 25.7 Å². The fourth-order valence-electron chi connectivity index (χ4n) is 2.82. The topological polar surface area (TPSA) is 114 Å². The molecule has 0 spiro atoms. The van der Waals surface area contributed by atoms with Crippen LogP contribution in [0.4, 0.5) is 13.2 Å². The van der Waals surface area contributed by atoms with Gasteiger partial charge in [0, 0.05) is 0 Å². The Morgan fingerprint density at radius 1 is 1.20 bits per heavy atom. The van der Waals surface area contributed by atoms with Gasteiger partial charge in [0.2, 0.25) is 0 Å². The van der Waals surface area contributed by atoms with E-state index in [-0.39, 0.29) is 12.8 Å². The van der Waals surface area contributed by atoms with E-state index in [9.17, 15) is 35.5 Å². The van der Waals surface area contributed by atoms with Crippen molar-refractivity contribution in [2.75, 3.05) is 0 Å². The number of ether oxygens (including phenoxy) is 1. The molecule has 1 aliphatic rings. The maximum Gasteiger partial charge on any atom is 0.573 e. The molecule has 138 valence electrons. The second kappa shape index (κ2) is 6.77. The lowest BCUT2D eigenvalue weighted by atomic mass is 10.1. The monoisotopic (exact) mass is 398 g/mol. The first-order chi connectivity index (χ1) is 11.5. The quantitative estimate of drug-likeness (QED) is 0.274. The van der Waals surface area contributed by atoms with Crippen molar-refractivity contribution in [3.63, 3.8) is 0 Å². The van der Waals surface area contributed by atoms with Crippen LogP contribution >= 0.6 is 0 Å². The number of alkyl halides is 3. The third kappa shape index (κ3) is 3.70. The van der Waals surface area contributed by atoms with Crippen molar-refractivity contribution >= 4 is 25.6 Å². The Kier molecular flexibility index (Phi) is 5.26. The number of para-hydroxylation sites is 1. The lowest BCUT2D eigenvalue weighted by Crippen LogP contribution is -2.43. The zero-order chi connectivity index (χ0) is 18.9. The summed E-state index contributed by atoms with van der Waals surface area (Å²) in [5, 5.41) is -1.09. The summed E-state index contributed by atoms with van der Waals surface area (Å²) in [6.45, 7) is 0. The van der Waals surface area contributed by atoms with Gasteiger partial charge in [-0.15, -0.1) is 13.2 Å². The summed E-state index contributed by atoms with van der Waals surface area (Å²) in [6, 6.07) is 3.86. The molecule has 0 unspecified atom stereocenters. The van der Waals surface area contributed by atoms with Crippen molar-refractivity contribution in [1.29, 1.82) is 0 Å². The van der Waals surface area contributed by atoms with E-state index in [2.05, 4.69) is 9.53 Å². The summed E-state index contributed by atoms with van der Waals surface area (Å²) in [5.74, 6) is -1.04. The summed E-state index contributed by atoms with van der Waals surface area (Å²) < 4.78 is 88.2. The maximum absolute atomic E-state index is 12.8. The highest BCUT2D eigenvalue weighted by atomic mass is 32.2. The normalized spacial score (nSPS) is 17.3. The van der Waals surface area contributed by atoms with Gasteiger partial charge >= 0.3 is 11.4 Å². The van der Waals surface area contributed by atoms with Crippen molar-refractivity contribution in [2.24, 2.45) is 0 Å². The number of hydrogen-bond donors (Lipinski definition) is 1. The molecule has 0 atom stereocenters. The van der Waals surface area contributed by atoms with Gasteiger partial charge < -0.3 is 10.3 Å². The number of benzene rings is 1. The predicted molar refractivity (Wildman–Crippen MR) is 80.5 cm³/mol. The van der Waals surface area contributed by atoms with E-state index in [1.54, 1.807) is 0 Å². The molecule has 0 heterocycles. The third-order valence-electron chi connectivity index (χ3n) is 3.89. The Morgan fingerprint density at radius 2 is 1.76 bits per heavy atom. The Balaban J connectivity index is 2.64. The summed E-state index contributed by atoms with van der Waals surface area (Å²) in [7, 11) is -8.21. The fourth-order valence-corrected chi connectivity index (χ4v) is 5.94. The zero-order valence-electron chi connectivity index (χ0n) is 12.6. The molecule has 1 aliphatic carbocycles. The number of hydrogen-bond acceptors (Lipinski definition) is 5. The van der Waals surface area contributed by atoms with E-state index in [0.29, 0.717) is 12.8 Å². The largest absolute Gasteiger partial charge is 0.573 e. The average Bonchev–Trinajstić information content (AvgIpc) is 2.97. The molecule has 2 rings (SSSR count). The molecule has 0 amide bonds. The minimum absolute atomic E-state index is 0.105. The molecule has 1 fully saturated rings. The molecule has 12 heteroatoms. The molecular weight excluding hydrogens is 385 g/mol. The lowest BCUT2D eigenvalue weighted by molar-refractivity contribution is -0.275. The van der Waals surface area contributed by atoms with Gasteiger partial charge in [0.05, 0.1) is 0 Å². The van der Waals surface area contributed by atoms with E-state index in [0.717, 1.165) is 24.3 Å². The second-order valence-electron chi connectivity index (χ2n) is 5.40. The molecule has 1 aromatic rings. The first-order valence-electron chi connectivity index (χ1n) is 7.01. The van der Waals surface area contributed by atoms with Gasteiger partial charge in [0.1, 0.15) is 10.6 Å². The first kappa shape index (κ1) is 19.4.